The van der Waals surface area contributed by atoms with Crippen molar-refractivity contribution < 1.29 is 26.9 Å². The zero-order valence-corrected chi connectivity index (χ0v) is 17.6. The topological polar surface area (TPSA) is 102 Å². The Bertz CT molecular complexity index is 1230. The molecular formula is C20H17ClFN3O5S. The van der Waals surface area contributed by atoms with Gasteiger partial charge in [-0.25, -0.2) is 12.8 Å². The SMILES string of the molecule is O=C(Nc1ccc(F)c(S(=O)(=O)N2CCOCC2)c1)c1cc(-c2cccc(Cl)c2)on1. The summed E-state index contributed by atoms with van der Waals surface area (Å²) in [4.78, 5) is 12.0. The van der Waals surface area contributed by atoms with Crippen LogP contribution in [0.15, 0.2) is 57.9 Å². The normalized spacial score (nSPS) is 15.0. The Morgan fingerprint density at radius 3 is 2.65 bits per heavy atom. The maximum Gasteiger partial charge on any atom is 0.277 e. The highest BCUT2D eigenvalue weighted by molar-refractivity contribution is 7.89. The molecule has 1 fully saturated rings. The first-order chi connectivity index (χ1) is 14.8. The summed E-state index contributed by atoms with van der Waals surface area (Å²) < 4.78 is 51.4. The van der Waals surface area contributed by atoms with Gasteiger partial charge in [-0.05, 0) is 30.3 Å². The van der Waals surface area contributed by atoms with Crippen LogP contribution in [-0.4, -0.2) is 50.1 Å². The summed E-state index contributed by atoms with van der Waals surface area (Å²) in [7, 11) is -4.07. The van der Waals surface area contributed by atoms with Gasteiger partial charge in [0.15, 0.2) is 11.5 Å². The predicted octanol–water partition coefficient (Wildman–Crippen LogP) is 3.41. The summed E-state index contributed by atoms with van der Waals surface area (Å²) >= 11 is 5.96. The zero-order chi connectivity index (χ0) is 22.0. The fraction of sp³-hybridized carbons (Fsp3) is 0.200. The van der Waals surface area contributed by atoms with Gasteiger partial charge >= 0.3 is 0 Å². The fourth-order valence-corrected chi connectivity index (χ4v) is 4.75. The molecule has 8 nitrogen and oxygen atoms in total. The number of rotatable bonds is 5. The van der Waals surface area contributed by atoms with Crippen molar-refractivity contribution in [1.82, 2.24) is 9.46 Å². The molecule has 31 heavy (non-hydrogen) atoms. The van der Waals surface area contributed by atoms with Gasteiger partial charge in [-0.2, -0.15) is 4.31 Å². The summed E-state index contributed by atoms with van der Waals surface area (Å²) in [6.45, 7) is 0.726. The number of carbonyl (C=O) groups is 1. The number of carbonyl (C=O) groups excluding carboxylic acids is 1. The van der Waals surface area contributed by atoms with Crippen LogP contribution in [-0.2, 0) is 14.8 Å². The number of benzene rings is 2. The molecule has 0 radical (unpaired) electrons. The maximum absolute atomic E-state index is 14.3. The first-order valence-corrected chi connectivity index (χ1v) is 11.1. The molecule has 2 aromatic carbocycles. The third-order valence-electron chi connectivity index (χ3n) is 4.63. The van der Waals surface area contributed by atoms with Gasteiger partial charge in [0.2, 0.25) is 10.0 Å². The highest BCUT2D eigenvalue weighted by atomic mass is 35.5. The first kappa shape index (κ1) is 21.4. The van der Waals surface area contributed by atoms with Crippen LogP contribution in [0.5, 0.6) is 0 Å². The molecule has 0 spiro atoms. The number of nitrogens with zero attached hydrogens (tertiary/aromatic N) is 2. The molecular weight excluding hydrogens is 449 g/mol. The molecule has 1 aromatic heterocycles. The molecule has 1 aliphatic heterocycles. The van der Waals surface area contributed by atoms with E-state index in [4.69, 9.17) is 20.9 Å². The molecule has 0 unspecified atom stereocenters. The van der Waals surface area contributed by atoms with Crippen LogP contribution in [0.3, 0.4) is 0 Å². The highest BCUT2D eigenvalue weighted by Crippen LogP contribution is 2.26. The van der Waals surface area contributed by atoms with E-state index >= 15 is 0 Å². The van der Waals surface area contributed by atoms with Crippen molar-refractivity contribution in [3.8, 4) is 11.3 Å². The van der Waals surface area contributed by atoms with E-state index in [0.29, 0.717) is 16.3 Å². The van der Waals surface area contributed by atoms with Crippen molar-refractivity contribution in [2.45, 2.75) is 4.90 Å². The summed E-state index contributed by atoms with van der Waals surface area (Å²) in [5, 5.41) is 6.75. The van der Waals surface area contributed by atoms with Crippen molar-refractivity contribution in [1.29, 1.82) is 0 Å². The van der Waals surface area contributed by atoms with Crippen molar-refractivity contribution in [3.63, 3.8) is 0 Å². The molecule has 1 N–H and O–H groups in total. The molecule has 162 valence electrons. The van der Waals surface area contributed by atoms with Crippen molar-refractivity contribution in [2.24, 2.45) is 0 Å². The predicted molar refractivity (Wildman–Crippen MR) is 111 cm³/mol. The number of halogens is 2. The number of sulfonamides is 1. The number of amides is 1. The molecule has 11 heteroatoms. The lowest BCUT2D eigenvalue weighted by Gasteiger charge is -2.26. The molecule has 3 aromatic rings. The molecule has 0 atom stereocenters. The Morgan fingerprint density at radius 2 is 1.90 bits per heavy atom. The Morgan fingerprint density at radius 1 is 1.13 bits per heavy atom. The van der Waals surface area contributed by atoms with Crippen molar-refractivity contribution in [2.75, 3.05) is 31.6 Å². The molecule has 0 saturated carbocycles. The molecule has 4 rings (SSSR count). The molecule has 0 aliphatic carbocycles. The molecule has 2 heterocycles. The van der Waals surface area contributed by atoms with E-state index in [2.05, 4.69) is 10.5 Å². The van der Waals surface area contributed by atoms with E-state index in [1.165, 1.54) is 12.1 Å². The van der Waals surface area contributed by atoms with E-state index < -0.39 is 26.6 Å². The van der Waals surface area contributed by atoms with Crippen LogP contribution in [0.1, 0.15) is 10.5 Å². The minimum atomic E-state index is -4.07. The third kappa shape index (κ3) is 4.62. The minimum absolute atomic E-state index is 0.0307. The van der Waals surface area contributed by atoms with Gasteiger partial charge in [0.05, 0.1) is 13.2 Å². The standard InChI is InChI=1S/C20H17ClFN3O5S/c21-14-3-1-2-13(10-14)18-12-17(24-30-18)20(26)23-15-4-5-16(22)19(11-15)31(27,28)25-6-8-29-9-7-25/h1-5,10-12H,6-9H2,(H,23,26). The number of hydrogen-bond acceptors (Lipinski definition) is 6. The van der Waals surface area contributed by atoms with Crippen LogP contribution in [0, 0.1) is 5.82 Å². The van der Waals surface area contributed by atoms with E-state index in [-0.39, 0.29) is 37.7 Å². The van der Waals surface area contributed by atoms with E-state index in [9.17, 15) is 17.6 Å². The minimum Gasteiger partial charge on any atom is -0.379 e. The highest BCUT2D eigenvalue weighted by Gasteiger charge is 2.29. The first-order valence-electron chi connectivity index (χ1n) is 9.26. The summed E-state index contributed by atoms with van der Waals surface area (Å²) in [6, 6.07) is 11.6. The smallest absolute Gasteiger partial charge is 0.277 e. The van der Waals surface area contributed by atoms with E-state index in [1.807, 2.05) is 0 Å². The summed E-state index contributed by atoms with van der Waals surface area (Å²) in [5.74, 6) is -1.21. The summed E-state index contributed by atoms with van der Waals surface area (Å²) in [5.41, 5.74) is 0.710. The fourth-order valence-electron chi connectivity index (χ4n) is 3.06. The Balaban J connectivity index is 1.55. The Labute approximate surface area is 182 Å². The monoisotopic (exact) mass is 465 g/mol. The van der Waals surface area contributed by atoms with E-state index in [0.717, 1.165) is 16.4 Å². The zero-order valence-electron chi connectivity index (χ0n) is 16.0. The lowest BCUT2D eigenvalue weighted by molar-refractivity contribution is 0.0729. The van der Waals surface area contributed by atoms with Gasteiger partial charge in [0, 0.05) is 35.4 Å². The Hall–Kier alpha value is -2.79. The van der Waals surface area contributed by atoms with Gasteiger partial charge in [0.25, 0.3) is 5.91 Å². The second kappa shape index (κ2) is 8.75. The second-order valence-electron chi connectivity index (χ2n) is 6.70. The van der Waals surface area contributed by atoms with Crippen LogP contribution < -0.4 is 5.32 Å². The number of nitrogens with one attached hydrogen (secondary N) is 1. The number of ether oxygens (including phenoxy) is 1. The number of morpholine rings is 1. The van der Waals surface area contributed by atoms with Crippen LogP contribution in [0.25, 0.3) is 11.3 Å². The maximum atomic E-state index is 14.3. The number of hydrogen-bond donors (Lipinski definition) is 1. The average Bonchev–Trinajstić information content (AvgIpc) is 3.26. The molecule has 1 saturated heterocycles. The molecule has 1 amide bonds. The third-order valence-corrected chi connectivity index (χ3v) is 6.78. The van der Waals surface area contributed by atoms with Gasteiger partial charge in [0.1, 0.15) is 10.7 Å². The lowest BCUT2D eigenvalue weighted by Crippen LogP contribution is -2.40. The summed E-state index contributed by atoms with van der Waals surface area (Å²) in [6.07, 6.45) is 0. The second-order valence-corrected chi connectivity index (χ2v) is 9.05. The molecule has 1 aliphatic rings. The largest absolute Gasteiger partial charge is 0.379 e. The van der Waals surface area contributed by atoms with Crippen molar-refractivity contribution in [3.05, 3.63) is 65.1 Å². The van der Waals surface area contributed by atoms with Crippen LogP contribution in [0.4, 0.5) is 10.1 Å². The number of aromatic nitrogens is 1. The lowest BCUT2D eigenvalue weighted by atomic mass is 10.1. The number of anilines is 1. The van der Waals surface area contributed by atoms with E-state index in [1.54, 1.807) is 24.3 Å². The van der Waals surface area contributed by atoms with Gasteiger partial charge in [-0.15, -0.1) is 0 Å². The van der Waals surface area contributed by atoms with Gasteiger partial charge < -0.3 is 14.6 Å². The van der Waals surface area contributed by atoms with Crippen LogP contribution >= 0.6 is 11.6 Å². The van der Waals surface area contributed by atoms with Crippen molar-refractivity contribution >= 4 is 33.2 Å². The molecule has 0 bridgehead atoms. The quantitative estimate of drug-likeness (QED) is 0.619. The van der Waals surface area contributed by atoms with Gasteiger partial charge in [-0.3, -0.25) is 4.79 Å². The van der Waals surface area contributed by atoms with Gasteiger partial charge in [-0.1, -0.05) is 28.9 Å². The average molecular weight is 466 g/mol. The van der Waals surface area contributed by atoms with Crippen LogP contribution in [0.2, 0.25) is 5.02 Å². The Kier molecular flexibility index (Phi) is 6.05.